The molecule has 1 amide bonds. The van der Waals surface area contributed by atoms with Crippen molar-refractivity contribution in [1.29, 1.82) is 0 Å². The Kier molecular flexibility index (Phi) is 5.30. The van der Waals surface area contributed by atoms with Gasteiger partial charge in [0.2, 0.25) is 0 Å². The molecule has 2 aliphatic heterocycles. The average Bonchev–Trinajstić information content (AvgIpc) is 3.39. The molecular formula is C24H25ClN4O2. The lowest BCUT2D eigenvalue weighted by molar-refractivity contribution is -0.150. The van der Waals surface area contributed by atoms with Crippen molar-refractivity contribution < 1.29 is 9.53 Å². The molecule has 0 bridgehead atoms. The number of carbonyl (C=O) groups excluding carboxylic acids is 1. The maximum Gasteiger partial charge on any atom is 0.253 e. The Bertz CT molecular complexity index is 1090. The van der Waals surface area contributed by atoms with Crippen LogP contribution in [0.1, 0.15) is 35.6 Å². The summed E-state index contributed by atoms with van der Waals surface area (Å²) < 4.78 is 8.32. The van der Waals surface area contributed by atoms with E-state index in [1.165, 1.54) is 5.56 Å². The number of benzene rings is 2. The monoisotopic (exact) mass is 436 g/mol. The number of rotatable bonds is 4. The van der Waals surface area contributed by atoms with Crippen molar-refractivity contribution in [2.24, 2.45) is 0 Å². The van der Waals surface area contributed by atoms with Gasteiger partial charge < -0.3 is 10.1 Å². The summed E-state index contributed by atoms with van der Waals surface area (Å²) in [5, 5.41) is 7.91. The van der Waals surface area contributed by atoms with Gasteiger partial charge in [-0.2, -0.15) is 5.10 Å². The SMILES string of the molecule is CNC(=O)C1OC2(CCN(Cc3cnn(-c4ccccc4)c3)CC2)c2cc(Cl)ccc21. The summed E-state index contributed by atoms with van der Waals surface area (Å²) in [7, 11) is 1.64. The molecule has 6 nitrogen and oxygen atoms in total. The highest BCUT2D eigenvalue weighted by atomic mass is 35.5. The molecule has 1 unspecified atom stereocenters. The number of likely N-dealkylation sites (tertiary alicyclic amines) is 1. The molecule has 1 atom stereocenters. The van der Waals surface area contributed by atoms with Crippen LogP contribution in [-0.4, -0.2) is 40.7 Å². The smallest absolute Gasteiger partial charge is 0.253 e. The largest absolute Gasteiger partial charge is 0.357 e. The highest BCUT2D eigenvalue weighted by Gasteiger charge is 2.48. The molecule has 1 fully saturated rings. The number of nitrogens with zero attached hydrogens (tertiary/aromatic N) is 3. The third kappa shape index (κ3) is 3.76. The number of nitrogens with one attached hydrogen (secondary N) is 1. The number of hydrogen-bond donors (Lipinski definition) is 1. The Hall–Kier alpha value is -2.67. The lowest BCUT2D eigenvalue weighted by Gasteiger charge is -2.39. The van der Waals surface area contributed by atoms with Crippen molar-refractivity contribution in [3.8, 4) is 5.69 Å². The minimum Gasteiger partial charge on any atom is -0.357 e. The predicted molar refractivity (Wildman–Crippen MR) is 119 cm³/mol. The van der Waals surface area contributed by atoms with Crippen molar-refractivity contribution in [1.82, 2.24) is 20.0 Å². The Balaban J connectivity index is 1.30. The van der Waals surface area contributed by atoms with Crippen LogP contribution < -0.4 is 5.32 Å². The summed E-state index contributed by atoms with van der Waals surface area (Å²) in [5.41, 5.74) is 3.77. The van der Waals surface area contributed by atoms with Crippen LogP contribution >= 0.6 is 11.6 Å². The lowest BCUT2D eigenvalue weighted by atomic mass is 9.83. The van der Waals surface area contributed by atoms with E-state index in [2.05, 4.69) is 21.5 Å². The number of para-hydroxylation sites is 1. The molecule has 7 heteroatoms. The standard InChI is InChI=1S/C24H25ClN4O2/c1-26-23(30)22-20-8-7-18(25)13-21(20)24(31-22)9-11-28(12-10-24)15-17-14-27-29(16-17)19-5-3-2-4-6-19/h2-8,13-14,16,22H,9-12,15H2,1H3,(H,26,30). The van der Waals surface area contributed by atoms with Gasteiger partial charge in [-0.3, -0.25) is 9.69 Å². The third-order valence-electron chi connectivity index (χ3n) is 6.34. The zero-order chi connectivity index (χ0) is 21.4. The molecule has 31 heavy (non-hydrogen) atoms. The van der Waals surface area contributed by atoms with Gasteiger partial charge in [0, 0.05) is 43.5 Å². The van der Waals surface area contributed by atoms with E-state index in [0.717, 1.165) is 49.3 Å². The van der Waals surface area contributed by atoms with E-state index in [1.807, 2.05) is 59.4 Å². The topological polar surface area (TPSA) is 59.4 Å². The number of ether oxygens (including phenoxy) is 1. The number of hydrogen-bond acceptors (Lipinski definition) is 4. The summed E-state index contributed by atoms with van der Waals surface area (Å²) >= 11 is 6.30. The normalized spacial score (nSPS) is 20.0. The molecule has 3 heterocycles. The predicted octanol–water partition coefficient (Wildman–Crippen LogP) is 3.83. The first kappa shape index (κ1) is 20.2. The molecule has 1 N–H and O–H groups in total. The number of fused-ring (bicyclic) bond motifs is 2. The van der Waals surface area contributed by atoms with Gasteiger partial charge in [0.15, 0.2) is 6.10 Å². The van der Waals surface area contributed by atoms with Crippen LogP contribution in [0.2, 0.25) is 5.02 Å². The van der Waals surface area contributed by atoms with E-state index in [4.69, 9.17) is 16.3 Å². The second-order valence-electron chi connectivity index (χ2n) is 8.24. The minimum absolute atomic E-state index is 0.115. The maximum atomic E-state index is 12.4. The lowest BCUT2D eigenvalue weighted by Crippen LogP contribution is -2.42. The number of aromatic nitrogens is 2. The Morgan fingerprint density at radius 2 is 2.00 bits per heavy atom. The van der Waals surface area contributed by atoms with E-state index < -0.39 is 11.7 Å². The molecule has 2 aromatic carbocycles. The van der Waals surface area contributed by atoms with Gasteiger partial charge in [-0.05, 0) is 48.2 Å². The fourth-order valence-corrected chi connectivity index (χ4v) is 4.88. The minimum atomic E-state index is -0.576. The molecule has 0 aliphatic carbocycles. The van der Waals surface area contributed by atoms with Crippen LogP contribution in [0, 0.1) is 0 Å². The Morgan fingerprint density at radius 3 is 2.74 bits per heavy atom. The zero-order valence-corrected chi connectivity index (χ0v) is 18.2. The number of amides is 1. The van der Waals surface area contributed by atoms with E-state index in [9.17, 15) is 4.79 Å². The van der Waals surface area contributed by atoms with Gasteiger partial charge in [-0.25, -0.2) is 4.68 Å². The highest BCUT2D eigenvalue weighted by molar-refractivity contribution is 6.30. The summed E-state index contributed by atoms with van der Waals surface area (Å²) in [6.45, 7) is 2.59. The fourth-order valence-electron chi connectivity index (χ4n) is 4.71. The number of halogens is 1. The quantitative estimate of drug-likeness (QED) is 0.675. The first-order chi connectivity index (χ1) is 15.1. The fraction of sp³-hybridized carbons (Fsp3) is 0.333. The van der Waals surface area contributed by atoms with Gasteiger partial charge in [-0.15, -0.1) is 0 Å². The van der Waals surface area contributed by atoms with E-state index >= 15 is 0 Å². The molecule has 1 aromatic heterocycles. The molecule has 3 aromatic rings. The van der Waals surface area contributed by atoms with Gasteiger partial charge >= 0.3 is 0 Å². The van der Waals surface area contributed by atoms with E-state index in [1.54, 1.807) is 7.05 Å². The van der Waals surface area contributed by atoms with Crippen molar-refractivity contribution in [2.45, 2.75) is 31.1 Å². The van der Waals surface area contributed by atoms with Crippen molar-refractivity contribution in [2.75, 3.05) is 20.1 Å². The van der Waals surface area contributed by atoms with Crippen LogP contribution in [0.25, 0.3) is 5.69 Å². The molecule has 5 rings (SSSR count). The van der Waals surface area contributed by atoms with Crippen LogP contribution in [-0.2, 0) is 21.7 Å². The molecule has 0 saturated carbocycles. The van der Waals surface area contributed by atoms with Crippen LogP contribution in [0.15, 0.2) is 60.9 Å². The van der Waals surface area contributed by atoms with Gasteiger partial charge in [0.05, 0.1) is 17.5 Å². The van der Waals surface area contributed by atoms with E-state index in [-0.39, 0.29) is 5.91 Å². The third-order valence-corrected chi connectivity index (χ3v) is 6.58. The average molecular weight is 437 g/mol. The molecule has 160 valence electrons. The van der Waals surface area contributed by atoms with Crippen LogP contribution in [0.4, 0.5) is 0 Å². The zero-order valence-electron chi connectivity index (χ0n) is 17.4. The summed E-state index contributed by atoms with van der Waals surface area (Å²) in [4.78, 5) is 14.8. The van der Waals surface area contributed by atoms with Crippen molar-refractivity contribution in [3.63, 3.8) is 0 Å². The van der Waals surface area contributed by atoms with Crippen molar-refractivity contribution >= 4 is 17.5 Å². The maximum absolute atomic E-state index is 12.4. The van der Waals surface area contributed by atoms with E-state index in [0.29, 0.717) is 5.02 Å². The molecule has 0 radical (unpaired) electrons. The number of piperidine rings is 1. The molecule has 2 aliphatic rings. The first-order valence-electron chi connectivity index (χ1n) is 10.6. The summed E-state index contributed by atoms with van der Waals surface area (Å²) in [6.07, 6.45) is 5.08. The molecule has 1 spiro atoms. The second kappa shape index (κ2) is 8.11. The van der Waals surface area contributed by atoms with Gasteiger partial charge in [0.25, 0.3) is 5.91 Å². The van der Waals surface area contributed by atoms with Gasteiger partial charge in [-0.1, -0.05) is 35.9 Å². The molecular weight excluding hydrogens is 412 g/mol. The first-order valence-corrected chi connectivity index (χ1v) is 11.0. The second-order valence-corrected chi connectivity index (χ2v) is 8.68. The van der Waals surface area contributed by atoms with Crippen LogP contribution in [0.5, 0.6) is 0 Å². The summed E-state index contributed by atoms with van der Waals surface area (Å²) in [6, 6.07) is 15.8. The van der Waals surface area contributed by atoms with Crippen molar-refractivity contribution in [3.05, 3.63) is 82.6 Å². The highest BCUT2D eigenvalue weighted by Crippen LogP contribution is 2.50. The number of likely N-dealkylation sites (N-methyl/N-ethyl adjacent to an activating group) is 1. The molecule has 1 saturated heterocycles. The van der Waals surface area contributed by atoms with Crippen LogP contribution in [0.3, 0.4) is 0 Å². The van der Waals surface area contributed by atoms with Gasteiger partial charge in [0.1, 0.15) is 0 Å². The number of carbonyl (C=O) groups is 1. The Labute approximate surface area is 186 Å². The summed E-state index contributed by atoms with van der Waals surface area (Å²) in [5.74, 6) is -0.115. The Morgan fingerprint density at radius 1 is 1.23 bits per heavy atom.